The quantitative estimate of drug-likeness (QED) is 0.630. The molecule has 0 unspecified atom stereocenters. The highest BCUT2D eigenvalue weighted by molar-refractivity contribution is 7.99. The Balaban J connectivity index is 1.41. The van der Waals surface area contributed by atoms with E-state index < -0.39 is 9.84 Å². The first-order valence-corrected chi connectivity index (χ1v) is 12.7. The van der Waals surface area contributed by atoms with Gasteiger partial charge in [-0.2, -0.15) is 0 Å². The first kappa shape index (κ1) is 18.9. The van der Waals surface area contributed by atoms with Crippen LogP contribution in [0.2, 0.25) is 0 Å². The molecule has 2 aromatic rings. The van der Waals surface area contributed by atoms with E-state index in [0.717, 1.165) is 30.2 Å². The topological polar surface area (TPSA) is 85.2 Å². The van der Waals surface area contributed by atoms with Crippen LogP contribution in [0.4, 0.5) is 0 Å². The molecule has 2 aliphatic rings. The van der Waals surface area contributed by atoms with Crippen molar-refractivity contribution in [3.05, 3.63) is 28.2 Å². The lowest BCUT2D eigenvalue weighted by Crippen LogP contribution is -2.38. The largest absolute Gasteiger partial charge is 0.341 e. The lowest BCUT2D eigenvalue weighted by molar-refractivity contribution is -0.128. The Morgan fingerprint density at radius 3 is 2.81 bits per heavy atom. The Hall–Kier alpha value is -1.39. The van der Waals surface area contributed by atoms with Gasteiger partial charge < -0.3 is 9.47 Å². The average Bonchev–Trinajstić information content (AvgIpc) is 3.03. The van der Waals surface area contributed by atoms with Gasteiger partial charge in [0.1, 0.15) is 5.82 Å². The van der Waals surface area contributed by atoms with Crippen molar-refractivity contribution in [1.29, 1.82) is 0 Å². The van der Waals surface area contributed by atoms with Crippen molar-refractivity contribution in [2.75, 3.05) is 24.3 Å². The third-order valence-corrected chi connectivity index (χ3v) is 8.59. The highest BCUT2D eigenvalue weighted by atomic mass is 32.2. The molecule has 1 atom stereocenters. The van der Waals surface area contributed by atoms with E-state index in [1.807, 2.05) is 6.07 Å². The molecule has 0 N–H and O–H groups in total. The normalized spacial score (nSPS) is 21.4. The van der Waals surface area contributed by atoms with Crippen LogP contribution in [-0.2, 0) is 21.1 Å². The first-order chi connectivity index (χ1) is 12.9. The molecule has 2 aromatic heterocycles. The molecule has 2 fully saturated rings. The summed E-state index contributed by atoms with van der Waals surface area (Å²) in [6, 6.07) is 4.35. The van der Waals surface area contributed by atoms with Gasteiger partial charge in [-0.1, -0.05) is 17.8 Å². The Bertz CT molecular complexity index is 919. The number of amides is 1. The number of carbonyl (C=O) groups excluding carboxylic acids is 1. The maximum Gasteiger partial charge on any atom is 0.233 e. The number of hydrogen-bond acceptors (Lipinski definition) is 7. The summed E-state index contributed by atoms with van der Waals surface area (Å²) in [6.07, 6.45) is 3.53. The average molecular weight is 427 g/mol. The summed E-state index contributed by atoms with van der Waals surface area (Å²) in [5.74, 6) is 1.38. The first-order valence-electron chi connectivity index (χ1n) is 8.98. The van der Waals surface area contributed by atoms with Crippen LogP contribution in [0.25, 0.3) is 0 Å². The van der Waals surface area contributed by atoms with Gasteiger partial charge in [-0.25, -0.2) is 8.42 Å². The zero-order chi connectivity index (χ0) is 19.0. The molecule has 0 radical (unpaired) electrons. The summed E-state index contributed by atoms with van der Waals surface area (Å²) < 4.78 is 25.5. The summed E-state index contributed by atoms with van der Waals surface area (Å²) >= 11 is 3.10. The van der Waals surface area contributed by atoms with E-state index >= 15 is 0 Å². The van der Waals surface area contributed by atoms with E-state index in [1.54, 1.807) is 23.3 Å². The Morgan fingerprint density at radius 2 is 2.19 bits per heavy atom. The van der Waals surface area contributed by atoms with Gasteiger partial charge in [0, 0.05) is 30.4 Å². The Labute approximate surface area is 167 Å². The van der Waals surface area contributed by atoms with Crippen LogP contribution in [-0.4, -0.2) is 64.3 Å². The van der Waals surface area contributed by atoms with E-state index in [2.05, 4.69) is 26.2 Å². The fourth-order valence-electron chi connectivity index (χ4n) is 3.31. The van der Waals surface area contributed by atoms with E-state index in [9.17, 15) is 13.2 Å². The summed E-state index contributed by atoms with van der Waals surface area (Å²) in [7, 11) is -1.30. The summed E-state index contributed by atoms with van der Waals surface area (Å²) in [6.45, 7) is 0. The highest BCUT2D eigenvalue weighted by Gasteiger charge is 2.33. The van der Waals surface area contributed by atoms with Gasteiger partial charge in [0.15, 0.2) is 15.0 Å². The second-order valence-corrected chi connectivity index (χ2v) is 11.3. The minimum absolute atomic E-state index is 0.0627. The summed E-state index contributed by atoms with van der Waals surface area (Å²) in [5, 5.41) is 11.5. The second-order valence-electron chi connectivity index (χ2n) is 7.11. The SMILES string of the molecule is CN(C(=O)CSc1nnc(Cc2cccs2)n1C1CC1)[C@H]1CCS(=O)(=O)C1. The van der Waals surface area contributed by atoms with Gasteiger partial charge in [-0.3, -0.25) is 4.79 Å². The zero-order valence-corrected chi connectivity index (χ0v) is 17.5. The predicted molar refractivity (Wildman–Crippen MR) is 106 cm³/mol. The van der Waals surface area contributed by atoms with E-state index in [1.165, 1.54) is 16.6 Å². The lowest BCUT2D eigenvalue weighted by atomic mass is 10.2. The molecule has 1 saturated heterocycles. The molecular formula is C17H22N4O3S3. The van der Waals surface area contributed by atoms with Crippen LogP contribution in [0, 0.1) is 0 Å². The van der Waals surface area contributed by atoms with E-state index in [4.69, 9.17) is 0 Å². The maximum atomic E-state index is 12.5. The van der Waals surface area contributed by atoms with Crippen molar-refractivity contribution in [2.24, 2.45) is 0 Å². The van der Waals surface area contributed by atoms with Gasteiger partial charge in [0.25, 0.3) is 0 Å². The Morgan fingerprint density at radius 1 is 1.37 bits per heavy atom. The molecule has 3 heterocycles. The minimum Gasteiger partial charge on any atom is -0.341 e. The molecule has 4 rings (SSSR count). The summed E-state index contributed by atoms with van der Waals surface area (Å²) in [4.78, 5) is 15.4. The molecule has 1 amide bonds. The van der Waals surface area contributed by atoms with Crippen LogP contribution < -0.4 is 0 Å². The fraction of sp³-hybridized carbons (Fsp3) is 0.588. The summed E-state index contributed by atoms with van der Waals surface area (Å²) in [5.41, 5.74) is 0. The standard InChI is InChI=1S/C17H22N4O3S3/c1-20(13-6-8-27(23,24)11-13)16(22)10-26-17-19-18-15(21(17)12-4-5-12)9-14-3-2-7-25-14/h2-3,7,12-13H,4-6,8-11H2,1H3/t13-/m0/s1. The van der Waals surface area contributed by atoms with Crippen LogP contribution in [0.1, 0.15) is 36.0 Å². The monoisotopic (exact) mass is 426 g/mol. The number of nitrogens with zero attached hydrogens (tertiary/aromatic N) is 4. The maximum absolute atomic E-state index is 12.5. The molecule has 0 spiro atoms. The van der Waals surface area contributed by atoms with Crippen molar-refractivity contribution in [3.8, 4) is 0 Å². The lowest BCUT2D eigenvalue weighted by Gasteiger charge is -2.23. The van der Waals surface area contributed by atoms with Crippen molar-refractivity contribution < 1.29 is 13.2 Å². The number of sulfone groups is 1. The molecule has 146 valence electrons. The van der Waals surface area contributed by atoms with Gasteiger partial charge in [-0.15, -0.1) is 21.5 Å². The molecule has 1 saturated carbocycles. The van der Waals surface area contributed by atoms with Crippen molar-refractivity contribution in [1.82, 2.24) is 19.7 Å². The third kappa shape index (κ3) is 4.38. The minimum atomic E-state index is -3.00. The van der Waals surface area contributed by atoms with Crippen LogP contribution >= 0.6 is 23.1 Å². The third-order valence-electron chi connectivity index (χ3n) is 5.03. The molecule has 0 aromatic carbocycles. The molecule has 1 aliphatic heterocycles. The van der Waals surface area contributed by atoms with Crippen molar-refractivity contribution in [3.63, 3.8) is 0 Å². The molecule has 27 heavy (non-hydrogen) atoms. The molecule has 0 bridgehead atoms. The van der Waals surface area contributed by atoms with Gasteiger partial charge in [0.2, 0.25) is 5.91 Å². The van der Waals surface area contributed by atoms with Crippen LogP contribution in [0.15, 0.2) is 22.7 Å². The van der Waals surface area contributed by atoms with Gasteiger partial charge in [-0.05, 0) is 30.7 Å². The smallest absolute Gasteiger partial charge is 0.233 e. The zero-order valence-electron chi connectivity index (χ0n) is 15.1. The van der Waals surface area contributed by atoms with Crippen LogP contribution in [0.5, 0.6) is 0 Å². The number of rotatable bonds is 7. The number of carbonyl (C=O) groups is 1. The van der Waals surface area contributed by atoms with Gasteiger partial charge in [0.05, 0.1) is 17.3 Å². The molecule has 10 heteroatoms. The molecule has 7 nitrogen and oxygen atoms in total. The number of hydrogen-bond donors (Lipinski definition) is 0. The van der Waals surface area contributed by atoms with E-state index in [0.29, 0.717) is 12.5 Å². The van der Waals surface area contributed by atoms with Crippen LogP contribution in [0.3, 0.4) is 0 Å². The van der Waals surface area contributed by atoms with Crippen molar-refractivity contribution in [2.45, 2.75) is 42.9 Å². The molecular weight excluding hydrogens is 404 g/mol. The van der Waals surface area contributed by atoms with Gasteiger partial charge >= 0.3 is 0 Å². The molecule has 1 aliphatic carbocycles. The fourth-order valence-corrected chi connectivity index (χ4v) is 6.73. The van der Waals surface area contributed by atoms with Crippen molar-refractivity contribution >= 4 is 38.8 Å². The number of thiophene rings is 1. The Kier molecular flexibility index (Phi) is 5.30. The van der Waals surface area contributed by atoms with E-state index in [-0.39, 0.29) is 29.2 Å². The number of aromatic nitrogens is 3. The number of thioether (sulfide) groups is 1. The predicted octanol–water partition coefficient (Wildman–Crippen LogP) is 2.00. The highest BCUT2D eigenvalue weighted by Crippen LogP contribution is 2.39. The second kappa shape index (κ2) is 7.56.